The highest BCUT2D eigenvalue weighted by molar-refractivity contribution is 7.92. The van der Waals surface area contributed by atoms with E-state index in [1.165, 1.54) is 28.5 Å². The van der Waals surface area contributed by atoms with Crippen LogP contribution in [0.1, 0.15) is 32.0 Å². The molecule has 0 aliphatic heterocycles. The highest BCUT2D eigenvalue weighted by Gasteiger charge is 2.27. The number of halogens is 3. The number of thiazole rings is 1. The van der Waals surface area contributed by atoms with Crippen molar-refractivity contribution in [2.45, 2.75) is 13.0 Å². The van der Waals surface area contributed by atoms with Gasteiger partial charge in [0.2, 0.25) is 0 Å². The number of nitrogens with one attached hydrogen (secondary N) is 1. The van der Waals surface area contributed by atoms with Gasteiger partial charge in [-0.25, -0.2) is 23.1 Å². The van der Waals surface area contributed by atoms with Gasteiger partial charge in [-0.1, -0.05) is 17.7 Å². The predicted octanol–water partition coefficient (Wildman–Crippen LogP) is 5.87. The van der Waals surface area contributed by atoms with Gasteiger partial charge in [0.05, 0.1) is 27.0 Å². The molecule has 1 unspecified atom stereocenters. The number of anilines is 1. The summed E-state index contributed by atoms with van der Waals surface area (Å²) >= 11 is 7.08. The molecule has 0 radical (unpaired) electrons. The first-order valence-electron chi connectivity index (χ1n) is 8.55. The lowest BCUT2D eigenvalue weighted by molar-refractivity contribution is 0.0689. The summed E-state index contributed by atoms with van der Waals surface area (Å²) in [4.78, 5) is 20.3. The minimum absolute atomic E-state index is 0.0295. The second-order valence-corrected chi connectivity index (χ2v) is 8.54. The Morgan fingerprint density at radius 2 is 2.13 bits per heavy atom. The Labute approximate surface area is 183 Å². The molecule has 0 fully saturated rings. The van der Waals surface area contributed by atoms with Crippen molar-refractivity contribution >= 4 is 58.0 Å². The molecular weight excluding hydrogens is 454 g/mol. The zero-order valence-corrected chi connectivity index (χ0v) is 17.7. The summed E-state index contributed by atoms with van der Waals surface area (Å²) in [7, 11) is 0. The number of carboxylic acid groups (broad SMARTS) is 1. The summed E-state index contributed by atoms with van der Waals surface area (Å²) in [5.74, 6) is -1.79. The van der Waals surface area contributed by atoms with Gasteiger partial charge in [0.15, 0.2) is 18.0 Å². The van der Waals surface area contributed by atoms with E-state index >= 15 is 0 Å². The van der Waals surface area contributed by atoms with E-state index in [0.717, 1.165) is 11.3 Å². The second kappa shape index (κ2) is 8.21. The van der Waals surface area contributed by atoms with Gasteiger partial charge in [0.25, 0.3) is 0 Å². The van der Waals surface area contributed by atoms with Crippen LogP contribution in [0, 0.1) is 12.7 Å². The minimum atomic E-state index is -1.20. The lowest BCUT2D eigenvalue weighted by Gasteiger charge is -2.20. The van der Waals surface area contributed by atoms with Gasteiger partial charge in [-0.2, -0.15) is 0 Å². The van der Waals surface area contributed by atoms with E-state index in [9.17, 15) is 18.2 Å². The Bertz CT molecular complexity index is 1260. The minimum Gasteiger partial charge on any atom is -0.476 e. The molecule has 0 spiro atoms. The summed E-state index contributed by atoms with van der Waals surface area (Å²) in [6.07, 6.45) is 1.35. The number of carboxylic acids is 1. The number of aromatic carboxylic acids is 1. The molecule has 11 heteroatoms. The van der Waals surface area contributed by atoms with Crippen LogP contribution in [0.25, 0.3) is 11.0 Å². The van der Waals surface area contributed by atoms with Gasteiger partial charge in [-0.3, -0.25) is 0 Å². The van der Waals surface area contributed by atoms with Crippen molar-refractivity contribution < 1.29 is 18.2 Å². The third kappa shape index (κ3) is 3.85. The first-order chi connectivity index (χ1) is 14.4. The van der Waals surface area contributed by atoms with Crippen LogP contribution in [0.3, 0.4) is 0 Å². The number of rotatable bonds is 6. The van der Waals surface area contributed by atoms with E-state index in [-0.39, 0.29) is 28.6 Å². The molecule has 1 atom stereocenters. The van der Waals surface area contributed by atoms with Crippen molar-refractivity contribution in [3.05, 3.63) is 74.7 Å². The lowest BCUT2D eigenvalue weighted by Crippen LogP contribution is -2.16. The van der Waals surface area contributed by atoms with Crippen molar-refractivity contribution in [3.8, 4) is 0 Å². The lowest BCUT2D eigenvalue weighted by atomic mass is 10.0. The van der Waals surface area contributed by atoms with E-state index < -0.39 is 17.8 Å². The van der Waals surface area contributed by atoms with E-state index in [1.54, 1.807) is 25.1 Å². The fourth-order valence-corrected chi connectivity index (χ4v) is 4.57. The molecule has 0 aliphatic carbocycles. The van der Waals surface area contributed by atoms with Crippen LogP contribution < -0.4 is 5.32 Å². The van der Waals surface area contributed by atoms with Crippen molar-refractivity contribution in [2.24, 2.45) is 0 Å². The largest absolute Gasteiger partial charge is 0.476 e. The summed E-state index contributed by atoms with van der Waals surface area (Å²) < 4.78 is 29.0. The number of benzene rings is 2. The van der Waals surface area contributed by atoms with Gasteiger partial charge in [-0.15, -0.1) is 15.2 Å². The molecule has 4 aromatic rings. The molecule has 0 bridgehead atoms. The molecule has 0 saturated heterocycles. The number of fused-ring (bicyclic) bond motifs is 1. The Hall–Kier alpha value is -2.69. The molecule has 4 rings (SSSR count). The van der Waals surface area contributed by atoms with Crippen molar-refractivity contribution in [2.75, 3.05) is 5.32 Å². The van der Waals surface area contributed by atoms with E-state index in [2.05, 4.69) is 15.3 Å². The summed E-state index contributed by atoms with van der Waals surface area (Å²) in [6.45, 7) is 1.68. The molecule has 154 valence electrons. The number of hydrogen-bond donors (Lipinski definition) is 2. The molecule has 30 heavy (non-hydrogen) atoms. The Balaban J connectivity index is 1.82. The molecule has 0 amide bonds. The number of aryl methyl sites for hydroxylation is 1. The normalized spacial score (nSPS) is 12.3. The van der Waals surface area contributed by atoms with Crippen LogP contribution in [0.15, 0.2) is 42.7 Å². The number of carbonyl (C=O) groups is 1. The number of aromatic nitrogens is 3. The third-order valence-electron chi connectivity index (χ3n) is 4.40. The summed E-state index contributed by atoms with van der Waals surface area (Å²) in [5, 5.41) is 13.5. The smallest absolute Gasteiger partial charge is 0.355 e. The quantitative estimate of drug-likeness (QED) is 0.369. The molecule has 0 aliphatic rings. The topological polar surface area (TPSA) is 80.0 Å². The average Bonchev–Trinajstić information content (AvgIpc) is 3.29. The van der Waals surface area contributed by atoms with E-state index in [0.29, 0.717) is 26.6 Å². The van der Waals surface area contributed by atoms with Crippen LogP contribution in [0.2, 0.25) is 5.02 Å². The summed E-state index contributed by atoms with van der Waals surface area (Å²) in [6, 6.07) is 8.40. The van der Waals surface area contributed by atoms with Crippen LogP contribution in [-0.2, 0) is 0 Å². The maximum absolute atomic E-state index is 14.8. The standard InChI is InChI=1S/C19H13ClF2N4O2S2/c1-9-24-17(19(27)28)18(29-9)16(12-4-2-10(20)6-13(12)21)25-11-3-5-15-14(7-11)23-8-26(15)30-22/h2-8,16,25H,1H3,(H,27,28). The maximum atomic E-state index is 14.8. The summed E-state index contributed by atoms with van der Waals surface area (Å²) in [5.41, 5.74) is 1.72. The molecule has 2 heterocycles. The van der Waals surface area contributed by atoms with Crippen LogP contribution in [-0.4, -0.2) is 25.0 Å². The van der Waals surface area contributed by atoms with Gasteiger partial charge in [-0.05, 0) is 37.3 Å². The van der Waals surface area contributed by atoms with Gasteiger partial charge >= 0.3 is 5.97 Å². The Morgan fingerprint density at radius 3 is 2.83 bits per heavy atom. The molecule has 2 N–H and O–H groups in total. The van der Waals surface area contributed by atoms with E-state index in [4.69, 9.17) is 11.6 Å². The van der Waals surface area contributed by atoms with Crippen LogP contribution in [0.4, 0.5) is 14.0 Å². The highest BCUT2D eigenvalue weighted by Crippen LogP contribution is 2.36. The monoisotopic (exact) mass is 466 g/mol. The molecule has 2 aromatic heterocycles. The van der Waals surface area contributed by atoms with Gasteiger partial charge in [0, 0.05) is 16.3 Å². The van der Waals surface area contributed by atoms with E-state index in [1.807, 2.05) is 0 Å². The molecule has 0 saturated carbocycles. The molecular formula is C19H13ClF2N4O2S2. The number of nitrogens with zero attached hydrogens (tertiary/aromatic N) is 3. The number of imidazole rings is 1. The van der Waals surface area contributed by atoms with Crippen LogP contribution in [0.5, 0.6) is 0 Å². The molecule has 6 nitrogen and oxygen atoms in total. The SMILES string of the molecule is Cc1nc(C(=O)O)c(C(Nc2ccc3c(c2)ncn3SF)c2ccc(Cl)cc2F)s1. The zero-order chi connectivity index (χ0) is 21.4. The second-order valence-electron chi connectivity index (χ2n) is 6.34. The van der Waals surface area contributed by atoms with Crippen molar-refractivity contribution in [1.82, 2.24) is 13.9 Å². The van der Waals surface area contributed by atoms with Crippen molar-refractivity contribution in [3.63, 3.8) is 0 Å². The predicted molar refractivity (Wildman–Crippen MR) is 115 cm³/mol. The van der Waals surface area contributed by atoms with Crippen molar-refractivity contribution in [1.29, 1.82) is 0 Å². The fraction of sp³-hybridized carbons (Fsp3) is 0.105. The van der Waals surface area contributed by atoms with Gasteiger partial charge in [0.1, 0.15) is 12.1 Å². The number of hydrogen-bond acceptors (Lipinski definition) is 6. The Morgan fingerprint density at radius 1 is 1.33 bits per heavy atom. The van der Waals surface area contributed by atoms with Crippen LogP contribution >= 0.6 is 35.3 Å². The molecule has 2 aromatic carbocycles. The fourth-order valence-electron chi connectivity index (χ4n) is 3.11. The highest BCUT2D eigenvalue weighted by atomic mass is 35.5. The van der Waals surface area contributed by atoms with Gasteiger partial charge < -0.3 is 10.4 Å². The Kier molecular flexibility index (Phi) is 5.63. The third-order valence-corrected chi connectivity index (χ3v) is 6.11. The zero-order valence-electron chi connectivity index (χ0n) is 15.3. The first kappa shape index (κ1) is 20.6. The maximum Gasteiger partial charge on any atom is 0.355 e. The average molecular weight is 467 g/mol. The first-order valence-corrected chi connectivity index (χ1v) is 10.4.